The Bertz CT molecular complexity index is 513. The number of aryl methyl sites for hydroxylation is 1. The zero-order valence-electron chi connectivity index (χ0n) is 11.0. The van der Waals surface area contributed by atoms with Gasteiger partial charge in [-0.25, -0.2) is 14.6 Å². The number of aliphatic carboxylic acids is 1. The lowest BCUT2D eigenvalue weighted by molar-refractivity contribution is -0.140. The van der Waals surface area contributed by atoms with Crippen LogP contribution in [0, 0.1) is 6.92 Å². The van der Waals surface area contributed by atoms with Crippen LogP contribution in [0.15, 0.2) is 10.6 Å². The van der Waals surface area contributed by atoms with Gasteiger partial charge in [0.15, 0.2) is 0 Å². The molecule has 1 aromatic rings. The number of carboxylic acid groups (broad SMARTS) is 1. The molecule has 0 saturated heterocycles. The molecule has 0 fully saturated rings. The Labute approximate surface area is 114 Å². The van der Waals surface area contributed by atoms with Crippen LogP contribution in [0.3, 0.4) is 0 Å². The summed E-state index contributed by atoms with van der Waals surface area (Å²) in [6.07, 6.45) is 1.01. The van der Waals surface area contributed by atoms with E-state index in [2.05, 4.69) is 15.6 Å². The van der Waals surface area contributed by atoms with Gasteiger partial charge in [0.05, 0.1) is 12.6 Å². The minimum atomic E-state index is -1.38. The summed E-state index contributed by atoms with van der Waals surface area (Å²) in [4.78, 5) is 37.1. The third kappa shape index (κ3) is 4.59. The molecule has 1 rings (SSSR count). The van der Waals surface area contributed by atoms with E-state index in [9.17, 15) is 14.4 Å². The summed E-state index contributed by atoms with van der Waals surface area (Å²) in [5.74, 6) is -1.29. The lowest BCUT2D eigenvalue weighted by Crippen LogP contribution is -2.48. The quantitative estimate of drug-likeness (QED) is 0.562. The average Bonchev–Trinajstić information content (AvgIpc) is 2.74. The summed E-state index contributed by atoms with van der Waals surface area (Å²) >= 11 is 0. The van der Waals surface area contributed by atoms with Crippen LogP contribution in [-0.4, -0.2) is 34.0 Å². The standard InChI is InChI=1S/C11H16N4O5/c1-5-4-13-9(20-5)6(2)14-11(19)15-7(10(17)18)3-8(12)16/h4,6-7H,3H2,1-2H3,(H2,12,16)(H,17,18)(H2,14,15,19)/t6?,7-/m1/s1. The van der Waals surface area contributed by atoms with Crippen LogP contribution in [0.5, 0.6) is 0 Å². The van der Waals surface area contributed by atoms with E-state index in [0.717, 1.165) is 0 Å². The maximum Gasteiger partial charge on any atom is 0.326 e. The molecule has 0 aliphatic rings. The van der Waals surface area contributed by atoms with Crippen LogP contribution < -0.4 is 16.4 Å². The predicted octanol–water partition coefficient (Wildman–Crippen LogP) is -0.328. The van der Waals surface area contributed by atoms with Gasteiger partial charge in [0.25, 0.3) is 0 Å². The summed E-state index contributed by atoms with van der Waals surface area (Å²) in [5.41, 5.74) is 4.90. The van der Waals surface area contributed by atoms with Crippen LogP contribution in [-0.2, 0) is 9.59 Å². The Hall–Kier alpha value is -2.58. The Morgan fingerprint density at radius 2 is 2.10 bits per heavy atom. The van der Waals surface area contributed by atoms with Crippen molar-refractivity contribution in [2.75, 3.05) is 0 Å². The first-order chi connectivity index (χ1) is 9.29. The largest absolute Gasteiger partial charge is 0.480 e. The number of carbonyl (C=O) groups is 3. The Kier molecular flexibility index (Phi) is 5.07. The minimum absolute atomic E-state index is 0.291. The molecule has 0 spiro atoms. The molecular formula is C11H16N4O5. The van der Waals surface area contributed by atoms with E-state index in [1.54, 1.807) is 13.8 Å². The number of carbonyl (C=O) groups excluding carboxylic acids is 2. The number of hydrogen-bond acceptors (Lipinski definition) is 5. The summed E-state index contributed by atoms with van der Waals surface area (Å²) in [5, 5.41) is 13.4. The van der Waals surface area contributed by atoms with Gasteiger partial charge >= 0.3 is 12.0 Å². The average molecular weight is 284 g/mol. The van der Waals surface area contributed by atoms with Crippen LogP contribution in [0.25, 0.3) is 0 Å². The van der Waals surface area contributed by atoms with Crippen molar-refractivity contribution >= 4 is 17.9 Å². The molecule has 1 aromatic heterocycles. The number of nitrogens with zero attached hydrogens (tertiary/aromatic N) is 1. The number of urea groups is 1. The highest BCUT2D eigenvalue weighted by Crippen LogP contribution is 2.11. The second-order valence-electron chi connectivity index (χ2n) is 4.21. The van der Waals surface area contributed by atoms with Crippen molar-refractivity contribution in [1.29, 1.82) is 0 Å². The van der Waals surface area contributed by atoms with Gasteiger partial charge in [-0.3, -0.25) is 4.79 Å². The Balaban J connectivity index is 2.57. The molecule has 110 valence electrons. The molecule has 20 heavy (non-hydrogen) atoms. The summed E-state index contributed by atoms with van der Waals surface area (Å²) in [6, 6.07) is -2.69. The van der Waals surface area contributed by atoms with Gasteiger partial charge in [0.2, 0.25) is 11.8 Å². The minimum Gasteiger partial charge on any atom is -0.480 e. The molecule has 0 radical (unpaired) electrons. The second-order valence-corrected chi connectivity index (χ2v) is 4.21. The molecule has 0 aromatic carbocycles. The summed E-state index contributed by atoms with van der Waals surface area (Å²) < 4.78 is 5.22. The topological polar surface area (TPSA) is 148 Å². The molecule has 0 aliphatic carbocycles. The maximum atomic E-state index is 11.6. The number of amides is 3. The number of aromatic nitrogens is 1. The normalized spacial score (nSPS) is 13.3. The predicted molar refractivity (Wildman–Crippen MR) is 66.6 cm³/mol. The molecule has 9 nitrogen and oxygen atoms in total. The molecule has 9 heteroatoms. The number of carboxylic acids is 1. The zero-order valence-corrected chi connectivity index (χ0v) is 11.0. The number of hydrogen-bond donors (Lipinski definition) is 4. The molecule has 0 bridgehead atoms. The zero-order chi connectivity index (χ0) is 15.3. The highest BCUT2D eigenvalue weighted by molar-refractivity contribution is 5.87. The first-order valence-corrected chi connectivity index (χ1v) is 5.80. The highest BCUT2D eigenvalue weighted by atomic mass is 16.4. The number of nitrogens with two attached hydrogens (primary N) is 1. The van der Waals surface area contributed by atoms with E-state index < -0.39 is 36.4 Å². The molecule has 1 heterocycles. The summed E-state index contributed by atoms with van der Waals surface area (Å²) in [6.45, 7) is 3.32. The first kappa shape index (κ1) is 15.5. The summed E-state index contributed by atoms with van der Waals surface area (Å²) in [7, 11) is 0. The third-order valence-electron chi connectivity index (χ3n) is 2.37. The van der Waals surface area contributed by atoms with Gasteiger partial charge in [-0.15, -0.1) is 0 Å². The van der Waals surface area contributed by atoms with Crippen LogP contribution in [0.4, 0.5) is 4.79 Å². The molecule has 3 amide bonds. The molecule has 1 unspecified atom stereocenters. The Morgan fingerprint density at radius 3 is 2.55 bits per heavy atom. The monoisotopic (exact) mass is 284 g/mol. The van der Waals surface area contributed by atoms with Gasteiger partial charge in [-0.05, 0) is 13.8 Å². The third-order valence-corrected chi connectivity index (χ3v) is 2.37. The first-order valence-electron chi connectivity index (χ1n) is 5.80. The highest BCUT2D eigenvalue weighted by Gasteiger charge is 2.23. The number of nitrogens with one attached hydrogen (secondary N) is 2. The van der Waals surface area contributed by atoms with E-state index in [1.807, 2.05) is 0 Å². The smallest absolute Gasteiger partial charge is 0.326 e. The van der Waals surface area contributed by atoms with Crippen molar-refractivity contribution in [2.45, 2.75) is 32.4 Å². The van der Waals surface area contributed by atoms with Crippen molar-refractivity contribution in [3.05, 3.63) is 17.8 Å². The van der Waals surface area contributed by atoms with Gasteiger partial charge < -0.3 is 25.9 Å². The van der Waals surface area contributed by atoms with E-state index in [0.29, 0.717) is 11.7 Å². The van der Waals surface area contributed by atoms with E-state index in [4.69, 9.17) is 15.3 Å². The molecule has 0 aliphatic heterocycles. The van der Waals surface area contributed by atoms with Crippen molar-refractivity contribution in [3.8, 4) is 0 Å². The fourth-order valence-corrected chi connectivity index (χ4v) is 1.43. The van der Waals surface area contributed by atoms with Crippen LogP contribution >= 0.6 is 0 Å². The van der Waals surface area contributed by atoms with E-state index in [1.165, 1.54) is 6.20 Å². The fraction of sp³-hybridized carbons (Fsp3) is 0.455. The number of primary amides is 1. The van der Waals surface area contributed by atoms with Crippen molar-refractivity contribution in [2.24, 2.45) is 5.73 Å². The van der Waals surface area contributed by atoms with E-state index in [-0.39, 0.29) is 0 Å². The molecule has 0 saturated carbocycles. The Morgan fingerprint density at radius 1 is 1.45 bits per heavy atom. The van der Waals surface area contributed by atoms with Crippen molar-refractivity contribution in [1.82, 2.24) is 15.6 Å². The lowest BCUT2D eigenvalue weighted by Gasteiger charge is -2.15. The number of rotatable bonds is 6. The number of oxazole rings is 1. The van der Waals surface area contributed by atoms with Gasteiger partial charge in [-0.1, -0.05) is 0 Å². The maximum absolute atomic E-state index is 11.6. The van der Waals surface area contributed by atoms with Crippen LogP contribution in [0.1, 0.15) is 31.0 Å². The van der Waals surface area contributed by atoms with Crippen LogP contribution in [0.2, 0.25) is 0 Å². The fourth-order valence-electron chi connectivity index (χ4n) is 1.43. The van der Waals surface area contributed by atoms with Gasteiger partial charge in [0, 0.05) is 0 Å². The van der Waals surface area contributed by atoms with Gasteiger partial charge in [0.1, 0.15) is 17.8 Å². The second kappa shape index (κ2) is 6.55. The SMILES string of the molecule is Cc1cnc(C(C)NC(=O)N[C@H](CC(N)=O)C(=O)O)o1. The van der Waals surface area contributed by atoms with Crippen molar-refractivity contribution < 1.29 is 23.9 Å². The lowest BCUT2D eigenvalue weighted by atomic mass is 10.2. The molecule has 5 N–H and O–H groups in total. The van der Waals surface area contributed by atoms with E-state index >= 15 is 0 Å². The van der Waals surface area contributed by atoms with Gasteiger partial charge in [-0.2, -0.15) is 0 Å². The molecule has 2 atom stereocenters. The van der Waals surface area contributed by atoms with Crippen molar-refractivity contribution in [3.63, 3.8) is 0 Å². The molecular weight excluding hydrogens is 268 g/mol.